The van der Waals surface area contributed by atoms with Crippen molar-refractivity contribution in [2.75, 3.05) is 0 Å². The van der Waals surface area contributed by atoms with Gasteiger partial charge in [0, 0.05) is 6.42 Å². The van der Waals surface area contributed by atoms with E-state index in [1.165, 1.54) is 0 Å². The van der Waals surface area contributed by atoms with E-state index in [4.69, 9.17) is 0 Å². The Morgan fingerprint density at radius 3 is 2.58 bits per heavy atom. The molecule has 0 aromatic rings. The average molecular weight is 267 g/mol. The molecule has 2 rings (SSSR count). The summed E-state index contributed by atoms with van der Waals surface area (Å²) in [5.74, 6) is -1.32. The van der Waals surface area contributed by atoms with Crippen molar-refractivity contribution in [3.8, 4) is 0 Å². The van der Waals surface area contributed by atoms with Crippen molar-refractivity contribution >= 4 is 23.8 Å². The van der Waals surface area contributed by atoms with Crippen LogP contribution in [0.1, 0.15) is 33.1 Å². The lowest BCUT2D eigenvalue weighted by Crippen LogP contribution is -2.54. The number of carbonyl (C=O) groups is 4. The van der Waals surface area contributed by atoms with E-state index in [-0.39, 0.29) is 30.6 Å². The van der Waals surface area contributed by atoms with Gasteiger partial charge in [0.25, 0.3) is 5.91 Å². The number of amides is 5. The molecule has 5 amide bonds. The van der Waals surface area contributed by atoms with Crippen LogP contribution < -0.4 is 10.6 Å². The molecule has 2 heterocycles. The maximum Gasteiger partial charge on any atom is 0.325 e. The predicted molar refractivity (Wildman–Crippen MR) is 64.8 cm³/mol. The van der Waals surface area contributed by atoms with Gasteiger partial charge in [0.15, 0.2) is 0 Å². The Morgan fingerprint density at radius 2 is 2.00 bits per heavy atom. The second-order valence-electron chi connectivity index (χ2n) is 4.99. The van der Waals surface area contributed by atoms with Crippen LogP contribution in [-0.2, 0) is 14.4 Å². The van der Waals surface area contributed by atoms with Gasteiger partial charge >= 0.3 is 6.03 Å². The molecule has 0 saturated carbocycles. The molecule has 0 spiro atoms. The number of piperidine rings is 1. The fourth-order valence-electron chi connectivity index (χ4n) is 2.36. The standard InChI is InChI=1S/C12H17N3O4/c1-3-6(2)9-11(18)15(12(19)14-9)7-4-5-8(16)13-10(7)17/h6-7,9H,3-5H2,1-2H3,(H,14,19)(H,13,16,17)/t6?,7-,9-/m0/s1. The van der Waals surface area contributed by atoms with Crippen LogP contribution in [0.3, 0.4) is 0 Å². The van der Waals surface area contributed by atoms with Gasteiger partial charge in [-0.3, -0.25) is 19.7 Å². The van der Waals surface area contributed by atoms with Crippen LogP contribution in [0.4, 0.5) is 4.79 Å². The van der Waals surface area contributed by atoms with Crippen LogP contribution in [0.15, 0.2) is 0 Å². The maximum atomic E-state index is 12.2. The molecular formula is C12H17N3O4. The Balaban J connectivity index is 2.16. The fourth-order valence-corrected chi connectivity index (χ4v) is 2.36. The van der Waals surface area contributed by atoms with Crippen molar-refractivity contribution in [1.82, 2.24) is 15.5 Å². The number of hydrogen-bond acceptors (Lipinski definition) is 4. The van der Waals surface area contributed by atoms with Crippen molar-refractivity contribution in [2.45, 2.75) is 45.2 Å². The molecule has 7 heteroatoms. The number of hydrogen-bond donors (Lipinski definition) is 2. The van der Waals surface area contributed by atoms with Crippen LogP contribution in [0.2, 0.25) is 0 Å². The first kappa shape index (κ1) is 13.5. The van der Waals surface area contributed by atoms with Crippen molar-refractivity contribution in [2.24, 2.45) is 5.92 Å². The van der Waals surface area contributed by atoms with Crippen LogP contribution >= 0.6 is 0 Å². The molecule has 3 atom stereocenters. The quantitative estimate of drug-likeness (QED) is 0.545. The molecule has 0 bridgehead atoms. The monoisotopic (exact) mass is 267 g/mol. The molecule has 2 saturated heterocycles. The molecule has 2 aliphatic heterocycles. The minimum absolute atomic E-state index is 0.00901. The summed E-state index contributed by atoms with van der Waals surface area (Å²) in [7, 11) is 0. The van der Waals surface area contributed by atoms with Crippen LogP contribution in [0, 0.1) is 5.92 Å². The van der Waals surface area contributed by atoms with Gasteiger partial charge in [-0.2, -0.15) is 0 Å². The van der Waals surface area contributed by atoms with E-state index in [0.717, 1.165) is 11.3 Å². The number of urea groups is 1. The van der Waals surface area contributed by atoms with Gasteiger partial charge in [0.05, 0.1) is 0 Å². The Labute approximate surface area is 110 Å². The molecule has 1 unspecified atom stereocenters. The zero-order valence-corrected chi connectivity index (χ0v) is 10.9. The largest absolute Gasteiger partial charge is 0.326 e. The topological polar surface area (TPSA) is 95.6 Å². The number of nitrogens with one attached hydrogen (secondary N) is 2. The van der Waals surface area contributed by atoms with Gasteiger partial charge in [0.1, 0.15) is 12.1 Å². The molecule has 7 nitrogen and oxygen atoms in total. The van der Waals surface area contributed by atoms with E-state index in [9.17, 15) is 19.2 Å². The molecule has 0 aromatic carbocycles. The third kappa shape index (κ3) is 2.32. The lowest BCUT2D eigenvalue weighted by molar-refractivity contribution is -0.142. The highest BCUT2D eigenvalue weighted by Crippen LogP contribution is 2.22. The van der Waals surface area contributed by atoms with Gasteiger partial charge < -0.3 is 5.32 Å². The maximum absolute atomic E-state index is 12.2. The van der Waals surface area contributed by atoms with Crippen LogP contribution in [-0.4, -0.2) is 40.7 Å². The third-order valence-electron chi connectivity index (χ3n) is 3.74. The highest BCUT2D eigenvalue weighted by Gasteiger charge is 2.47. The average Bonchev–Trinajstić information content (AvgIpc) is 2.65. The zero-order chi connectivity index (χ0) is 14.2. The Kier molecular flexibility index (Phi) is 3.55. The molecular weight excluding hydrogens is 250 g/mol. The summed E-state index contributed by atoms with van der Waals surface area (Å²) < 4.78 is 0. The summed E-state index contributed by atoms with van der Waals surface area (Å²) in [5.41, 5.74) is 0. The molecule has 0 aliphatic carbocycles. The second kappa shape index (κ2) is 4.99. The van der Waals surface area contributed by atoms with E-state index < -0.39 is 24.0 Å². The third-order valence-corrected chi connectivity index (χ3v) is 3.74. The first-order valence-electron chi connectivity index (χ1n) is 6.43. The lowest BCUT2D eigenvalue weighted by Gasteiger charge is -2.27. The molecule has 0 aromatic heterocycles. The molecule has 19 heavy (non-hydrogen) atoms. The number of carbonyl (C=O) groups excluding carboxylic acids is 4. The summed E-state index contributed by atoms with van der Waals surface area (Å²) in [6, 6.07) is -2.01. The normalized spacial score (nSPS) is 29.3. The first-order valence-corrected chi connectivity index (χ1v) is 6.43. The fraction of sp³-hybridized carbons (Fsp3) is 0.667. The van der Waals surface area contributed by atoms with Gasteiger partial charge in [-0.15, -0.1) is 0 Å². The molecule has 0 radical (unpaired) electrons. The highest BCUT2D eigenvalue weighted by molar-refractivity contribution is 6.10. The first-order chi connectivity index (χ1) is 8.95. The minimum Gasteiger partial charge on any atom is -0.326 e. The van der Waals surface area contributed by atoms with Gasteiger partial charge in [-0.05, 0) is 12.3 Å². The highest BCUT2D eigenvalue weighted by atomic mass is 16.2. The van der Waals surface area contributed by atoms with E-state index in [0.29, 0.717) is 0 Å². The Morgan fingerprint density at radius 1 is 1.32 bits per heavy atom. The summed E-state index contributed by atoms with van der Waals surface area (Å²) >= 11 is 0. The molecule has 104 valence electrons. The van der Waals surface area contributed by atoms with E-state index in [1.54, 1.807) is 0 Å². The number of nitrogens with zero attached hydrogens (tertiary/aromatic N) is 1. The summed E-state index contributed by atoms with van der Waals surface area (Å²) in [6.07, 6.45) is 1.08. The number of imide groups is 2. The molecule has 2 fully saturated rings. The smallest absolute Gasteiger partial charge is 0.325 e. The Hall–Kier alpha value is -1.92. The van der Waals surface area contributed by atoms with Crippen molar-refractivity contribution in [3.05, 3.63) is 0 Å². The van der Waals surface area contributed by atoms with E-state index >= 15 is 0 Å². The SMILES string of the molecule is CCC(C)[C@@H]1NC(=O)N([C@H]2CCC(=O)NC2=O)C1=O. The van der Waals surface area contributed by atoms with Gasteiger partial charge in [-0.1, -0.05) is 20.3 Å². The van der Waals surface area contributed by atoms with Gasteiger partial charge in [-0.25, -0.2) is 9.69 Å². The number of rotatable bonds is 3. The molecule has 2 aliphatic rings. The summed E-state index contributed by atoms with van der Waals surface area (Å²) in [4.78, 5) is 47.9. The Bertz CT molecular complexity index is 448. The van der Waals surface area contributed by atoms with E-state index in [2.05, 4.69) is 10.6 Å². The van der Waals surface area contributed by atoms with Crippen molar-refractivity contribution in [1.29, 1.82) is 0 Å². The zero-order valence-electron chi connectivity index (χ0n) is 10.9. The van der Waals surface area contributed by atoms with Crippen molar-refractivity contribution < 1.29 is 19.2 Å². The summed E-state index contributed by atoms with van der Waals surface area (Å²) in [6.45, 7) is 3.80. The minimum atomic E-state index is -0.876. The van der Waals surface area contributed by atoms with Crippen LogP contribution in [0.5, 0.6) is 0 Å². The second-order valence-corrected chi connectivity index (χ2v) is 4.99. The molecule has 2 N–H and O–H groups in total. The van der Waals surface area contributed by atoms with Gasteiger partial charge in [0.2, 0.25) is 11.8 Å². The van der Waals surface area contributed by atoms with Crippen LogP contribution in [0.25, 0.3) is 0 Å². The lowest BCUT2D eigenvalue weighted by atomic mass is 9.98. The predicted octanol–water partition coefficient (Wildman–Crippen LogP) is -0.242. The summed E-state index contributed by atoms with van der Waals surface area (Å²) in [5, 5.41) is 4.76. The van der Waals surface area contributed by atoms with Crippen molar-refractivity contribution in [3.63, 3.8) is 0 Å². The van der Waals surface area contributed by atoms with E-state index in [1.807, 2.05) is 13.8 Å².